The van der Waals surface area contributed by atoms with E-state index >= 15 is 0 Å². The van der Waals surface area contributed by atoms with Crippen molar-refractivity contribution in [2.75, 3.05) is 13.7 Å². The summed E-state index contributed by atoms with van der Waals surface area (Å²) in [6, 6.07) is 0. The maximum absolute atomic E-state index is 14.1. The lowest BCUT2D eigenvalue weighted by atomic mass is 9.88. The zero-order valence-corrected chi connectivity index (χ0v) is 15.6. The van der Waals surface area contributed by atoms with Crippen LogP contribution >= 0.6 is 0 Å². The van der Waals surface area contributed by atoms with Crippen LogP contribution < -0.4 is 5.32 Å². The number of alkyl halides is 3. The van der Waals surface area contributed by atoms with Gasteiger partial charge >= 0.3 is 12.1 Å². The Morgan fingerprint density at radius 2 is 1.88 bits per heavy atom. The summed E-state index contributed by atoms with van der Waals surface area (Å²) >= 11 is 0. The number of methoxy groups -OCH3 is 1. The zero-order valence-electron chi connectivity index (χ0n) is 15.6. The van der Waals surface area contributed by atoms with E-state index in [0.29, 0.717) is 12.8 Å². The van der Waals surface area contributed by atoms with Gasteiger partial charge in [0.2, 0.25) is 11.4 Å². The number of nitrogens with one attached hydrogen (secondary N) is 1. The van der Waals surface area contributed by atoms with Crippen molar-refractivity contribution in [1.29, 1.82) is 0 Å². The van der Waals surface area contributed by atoms with Crippen LogP contribution in [0, 0.1) is 5.92 Å². The van der Waals surface area contributed by atoms with E-state index in [1.54, 1.807) is 19.2 Å². The molecule has 0 unspecified atom stereocenters. The summed E-state index contributed by atoms with van der Waals surface area (Å²) in [5.41, 5.74) is -4.47. The summed E-state index contributed by atoms with van der Waals surface area (Å²) in [6.45, 7) is 6.40. The lowest BCUT2D eigenvalue weighted by Crippen LogP contribution is -2.66. The first-order valence-electron chi connectivity index (χ1n) is 8.43. The molecule has 1 aliphatic heterocycles. The van der Waals surface area contributed by atoms with Gasteiger partial charge in [-0.25, -0.2) is 4.79 Å². The zero-order chi connectivity index (χ0) is 20.3. The molecule has 0 saturated carbocycles. The predicted molar refractivity (Wildman–Crippen MR) is 87.7 cm³/mol. The summed E-state index contributed by atoms with van der Waals surface area (Å²) in [5.74, 6) is -3.86. The molecular weight excluding hydrogens is 353 g/mol. The fourth-order valence-electron chi connectivity index (χ4n) is 2.94. The van der Waals surface area contributed by atoms with E-state index in [-0.39, 0.29) is 24.6 Å². The molecule has 148 valence electrons. The van der Waals surface area contributed by atoms with Gasteiger partial charge in [-0.2, -0.15) is 13.2 Å². The molecule has 1 heterocycles. The highest BCUT2D eigenvalue weighted by Crippen LogP contribution is 2.45. The highest BCUT2D eigenvalue weighted by atomic mass is 19.4. The summed E-state index contributed by atoms with van der Waals surface area (Å²) < 4.78 is 46.7. The topological polar surface area (TPSA) is 75.7 Å². The minimum atomic E-state index is -5.21. The van der Waals surface area contributed by atoms with Crippen molar-refractivity contribution < 1.29 is 32.3 Å². The molecule has 1 rings (SSSR count). The molecule has 6 nitrogen and oxygen atoms in total. The lowest BCUT2D eigenvalue weighted by molar-refractivity contribution is -0.196. The minimum Gasteiger partial charge on any atom is -0.466 e. The van der Waals surface area contributed by atoms with Gasteiger partial charge in [-0.3, -0.25) is 9.59 Å². The van der Waals surface area contributed by atoms with Gasteiger partial charge in [-0.1, -0.05) is 27.2 Å². The molecule has 0 aromatic rings. The molecule has 0 aromatic carbocycles. The van der Waals surface area contributed by atoms with Crippen molar-refractivity contribution in [1.82, 2.24) is 10.2 Å². The van der Waals surface area contributed by atoms with E-state index in [1.807, 2.05) is 6.92 Å². The number of halogens is 3. The maximum atomic E-state index is 14.1. The molecule has 0 saturated heterocycles. The number of allylic oxidation sites excluding steroid dienone is 1. The van der Waals surface area contributed by atoms with E-state index in [2.05, 4.69) is 4.74 Å². The standard InChI is InChI=1S/C17H25F3N2O4/c1-6-7-8-22-11(4)13(14(24)26-5)16(15(22)25,17(18,19)20)21-12(23)9-10(2)3/h10H,6-9H2,1-5H3,(H,21,23)/t16-/m0/s1. The molecule has 26 heavy (non-hydrogen) atoms. The Morgan fingerprint density at radius 3 is 2.31 bits per heavy atom. The molecular formula is C17H25F3N2O4. The molecule has 0 aliphatic carbocycles. The molecule has 2 amide bonds. The lowest BCUT2D eigenvalue weighted by Gasteiger charge is -2.33. The molecule has 9 heteroatoms. The SMILES string of the molecule is CCCCN1C(=O)[C@](NC(=O)CC(C)C)(C(F)(F)F)C(C(=O)OC)=C1C. The van der Waals surface area contributed by atoms with Crippen molar-refractivity contribution in [3.63, 3.8) is 0 Å². The molecule has 0 radical (unpaired) electrons. The van der Waals surface area contributed by atoms with Crippen LogP contribution in [0.3, 0.4) is 0 Å². The molecule has 1 aliphatic rings. The van der Waals surface area contributed by atoms with Crippen LogP contribution in [0.1, 0.15) is 47.0 Å². The van der Waals surface area contributed by atoms with E-state index in [4.69, 9.17) is 0 Å². The van der Waals surface area contributed by atoms with Crippen molar-refractivity contribution in [2.24, 2.45) is 5.92 Å². The summed E-state index contributed by atoms with van der Waals surface area (Å²) in [5, 5.41) is 1.80. The second kappa shape index (κ2) is 8.09. The first kappa shape index (κ1) is 22.0. The average molecular weight is 378 g/mol. The minimum absolute atomic E-state index is 0.0134. The second-order valence-corrected chi connectivity index (χ2v) is 6.66. The van der Waals surface area contributed by atoms with Crippen LogP contribution in [-0.4, -0.2) is 48.1 Å². The smallest absolute Gasteiger partial charge is 0.425 e. The van der Waals surface area contributed by atoms with Gasteiger partial charge in [-0.15, -0.1) is 0 Å². The Kier molecular flexibility index (Phi) is 6.84. The molecule has 1 N–H and O–H groups in total. The maximum Gasteiger partial charge on any atom is 0.425 e. The normalized spacial score (nSPS) is 20.8. The average Bonchev–Trinajstić information content (AvgIpc) is 2.72. The number of carbonyl (C=O) groups is 3. The van der Waals surface area contributed by atoms with Gasteiger partial charge in [-0.05, 0) is 19.3 Å². The van der Waals surface area contributed by atoms with Crippen LogP contribution in [0.25, 0.3) is 0 Å². The van der Waals surface area contributed by atoms with Gasteiger partial charge in [0, 0.05) is 18.7 Å². The fraction of sp³-hybridized carbons (Fsp3) is 0.706. The number of hydrogen-bond donors (Lipinski definition) is 1. The summed E-state index contributed by atoms with van der Waals surface area (Å²) in [7, 11) is 0.929. The number of amides is 2. The van der Waals surface area contributed by atoms with E-state index < -0.39 is 35.1 Å². The van der Waals surface area contributed by atoms with Crippen molar-refractivity contribution in [2.45, 2.75) is 58.7 Å². The molecule has 0 aromatic heterocycles. The number of hydrogen-bond acceptors (Lipinski definition) is 4. The number of rotatable bonds is 7. The first-order chi connectivity index (χ1) is 11.9. The predicted octanol–water partition coefficient (Wildman–Crippen LogP) is 2.54. The van der Waals surface area contributed by atoms with Gasteiger partial charge in [0.15, 0.2) is 0 Å². The van der Waals surface area contributed by atoms with Crippen molar-refractivity contribution in [3.8, 4) is 0 Å². The van der Waals surface area contributed by atoms with Crippen LogP contribution in [0.4, 0.5) is 13.2 Å². The number of nitrogens with zero attached hydrogens (tertiary/aromatic N) is 1. The first-order valence-corrected chi connectivity index (χ1v) is 8.43. The van der Waals surface area contributed by atoms with Gasteiger partial charge in [0.25, 0.3) is 5.91 Å². The Hall–Kier alpha value is -2.06. The van der Waals surface area contributed by atoms with E-state index in [0.717, 1.165) is 12.0 Å². The number of unbranched alkanes of at least 4 members (excludes halogenated alkanes) is 1. The van der Waals surface area contributed by atoms with Crippen LogP contribution in [0.5, 0.6) is 0 Å². The molecule has 0 bridgehead atoms. The molecule has 0 spiro atoms. The second-order valence-electron chi connectivity index (χ2n) is 6.66. The Balaban J connectivity index is 3.55. The van der Waals surface area contributed by atoms with Gasteiger partial charge < -0.3 is 15.0 Å². The third-order valence-electron chi connectivity index (χ3n) is 4.18. The quantitative estimate of drug-likeness (QED) is 0.691. The summed E-state index contributed by atoms with van der Waals surface area (Å²) in [4.78, 5) is 38.0. The van der Waals surface area contributed by atoms with Gasteiger partial charge in [0.1, 0.15) is 5.57 Å². The molecule has 0 fully saturated rings. The third kappa shape index (κ3) is 3.86. The van der Waals surface area contributed by atoms with Crippen LogP contribution in [0.2, 0.25) is 0 Å². The van der Waals surface area contributed by atoms with Gasteiger partial charge in [0.05, 0.1) is 7.11 Å². The van der Waals surface area contributed by atoms with Crippen molar-refractivity contribution >= 4 is 17.8 Å². The van der Waals surface area contributed by atoms with Crippen LogP contribution in [0.15, 0.2) is 11.3 Å². The largest absolute Gasteiger partial charge is 0.466 e. The van der Waals surface area contributed by atoms with Crippen molar-refractivity contribution in [3.05, 3.63) is 11.3 Å². The highest BCUT2D eigenvalue weighted by molar-refractivity contribution is 6.10. The highest BCUT2D eigenvalue weighted by Gasteiger charge is 2.70. The summed E-state index contributed by atoms with van der Waals surface area (Å²) in [6.07, 6.45) is -4.33. The number of esters is 1. The third-order valence-corrected chi connectivity index (χ3v) is 4.18. The monoisotopic (exact) mass is 378 g/mol. The fourth-order valence-corrected chi connectivity index (χ4v) is 2.94. The Morgan fingerprint density at radius 1 is 1.31 bits per heavy atom. The van der Waals surface area contributed by atoms with Crippen LogP contribution in [-0.2, 0) is 19.1 Å². The van der Waals surface area contributed by atoms with E-state index in [1.165, 1.54) is 6.92 Å². The Bertz CT molecular complexity index is 614. The Labute approximate surface area is 150 Å². The number of carbonyl (C=O) groups excluding carboxylic acids is 3. The number of ether oxygens (including phenoxy) is 1. The van der Waals surface area contributed by atoms with E-state index in [9.17, 15) is 27.6 Å². The molecule has 1 atom stereocenters.